The first-order valence-electron chi connectivity index (χ1n) is 8.44. The first-order chi connectivity index (χ1) is 12.3. The van der Waals surface area contributed by atoms with Crippen LogP contribution in [0.5, 0.6) is 5.75 Å². The summed E-state index contributed by atoms with van der Waals surface area (Å²) in [5.41, 5.74) is 2.74. The predicted octanol–water partition coefficient (Wildman–Crippen LogP) is 2.88. The smallest absolute Gasteiger partial charge is 0.338 e. The van der Waals surface area contributed by atoms with Crippen LogP contribution in [0.15, 0.2) is 48.5 Å². The first kappa shape index (κ1) is 17.5. The van der Waals surface area contributed by atoms with Crippen molar-refractivity contribution in [1.29, 1.82) is 0 Å². The Hall–Kier alpha value is -2.37. The molecule has 0 aromatic heterocycles. The lowest BCUT2D eigenvalue weighted by molar-refractivity contribution is 0.0335. The average molecular weight is 341 g/mol. The van der Waals surface area contributed by atoms with Gasteiger partial charge in [-0.1, -0.05) is 24.3 Å². The van der Waals surface area contributed by atoms with Gasteiger partial charge in [-0.15, -0.1) is 0 Å². The SMILES string of the molecule is COc1ccc(C(=O)OCc2ccccc2CN2CCOCC2)cc1. The van der Waals surface area contributed by atoms with E-state index < -0.39 is 0 Å². The van der Waals surface area contributed by atoms with Crippen LogP contribution < -0.4 is 4.74 Å². The van der Waals surface area contributed by atoms with Crippen LogP contribution >= 0.6 is 0 Å². The van der Waals surface area contributed by atoms with Crippen molar-refractivity contribution in [3.8, 4) is 5.75 Å². The van der Waals surface area contributed by atoms with Crippen molar-refractivity contribution in [2.45, 2.75) is 13.2 Å². The molecule has 0 unspecified atom stereocenters. The monoisotopic (exact) mass is 341 g/mol. The molecule has 1 aliphatic rings. The molecule has 2 aromatic carbocycles. The minimum Gasteiger partial charge on any atom is -0.497 e. The van der Waals surface area contributed by atoms with Crippen LogP contribution in [0.4, 0.5) is 0 Å². The Labute approximate surface area is 148 Å². The fourth-order valence-corrected chi connectivity index (χ4v) is 2.81. The second kappa shape index (κ2) is 8.65. The zero-order chi connectivity index (χ0) is 17.5. The van der Waals surface area contributed by atoms with Crippen LogP contribution in [0.2, 0.25) is 0 Å². The van der Waals surface area contributed by atoms with Crippen LogP contribution in [0, 0.1) is 0 Å². The lowest BCUT2D eigenvalue weighted by atomic mass is 10.1. The number of benzene rings is 2. The molecule has 0 amide bonds. The van der Waals surface area contributed by atoms with Crippen molar-refractivity contribution in [3.05, 3.63) is 65.2 Å². The highest BCUT2D eigenvalue weighted by molar-refractivity contribution is 5.89. The molecule has 5 heteroatoms. The van der Waals surface area contributed by atoms with Crippen LogP contribution in [-0.2, 0) is 22.6 Å². The number of hydrogen-bond donors (Lipinski definition) is 0. The molecule has 0 bridgehead atoms. The minimum atomic E-state index is -0.330. The molecule has 1 heterocycles. The summed E-state index contributed by atoms with van der Waals surface area (Å²) >= 11 is 0. The summed E-state index contributed by atoms with van der Waals surface area (Å²) in [4.78, 5) is 14.6. The molecular formula is C20H23NO4. The van der Waals surface area contributed by atoms with Gasteiger partial charge in [-0.25, -0.2) is 4.79 Å². The third-order valence-electron chi connectivity index (χ3n) is 4.30. The quantitative estimate of drug-likeness (QED) is 0.756. The third kappa shape index (κ3) is 4.81. The molecule has 2 aromatic rings. The second-order valence-corrected chi connectivity index (χ2v) is 5.96. The Bertz CT molecular complexity index is 693. The van der Waals surface area contributed by atoms with E-state index in [2.05, 4.69) is 11.0 Å². The standard InChI is InChI=1S/C20H23NO4/c1-23-19-8-6-16(7-9-19)20(22)25-15-18-5-3-2-4-17(18)14-21-10-12-24-13-11-21/h2-9H,10-15H2,1H3. The van der Waals surface area contributed by atoms with Gasteiger partial charge in [0.15, 0.2) is 0 Å². The van der Waals surface area contributed by atoms with Gasteiger partial charge in [-0.3, -0.25) is 4.90 Å². The minimum absolute atomic E-state index is 0.269. The number of carbonyl (C=O) groups excluding carboxylic acids is 1. The molecule has 0 aliphatic carbocycles. The van der Waals surface area contributed by atoms with Crippen molar-refractivity contribution in [1.82, 2.24) is 4.90 Å². The van der Waals surface area contributed by atoms with E-state index in [1.165, 1.54) is 5.56 Å². The van der Waals surface area contributed by atoms with Crippen LogP contribution in [0.1, 0.15) is 21.5 Å². The van der Waals surface area contributed by atoms with E-state index in [-0.39, 0.29) is 12.6 Å². The Kier molecular flexibility index (Phi) is 6.04. The Balaban J connectivity index is 1.61. The van der Waals surface area contributed by atoms with Crippen molar-refractivity contribution in [2.75, 3.05) is 33.4 Å². The molecule has 0 spiro atoms. The summed E-state index contributed by atoms with van der Waals surface area (Å²) in [5, 5.41) is 0. The number of esters is 1. The maximum atomic E-state index is 12.2. The van der Waals surface area contributed by atoms with Gasteiger partial charge in [0.1, 0.15) is 12.4 Å². The zero-order valence-corrected chi connectivity index (χ0v) is 14.4. The van der Waals surface area contributed by atoms with E-state index in [4.69, 9.17) is 14.2 Å². The number of ether oxygens (including phenoxy) is 3. The van der Waals surface area contributed by atoms with Crippen molar-refractivity contribution >= 4 is 5.97 Å². The Morgan fingerprint density at radius 2 is 1.72 bits per heavy atom. The molecule has 3 rings (SSSR count). The summed E-state index contributed by atoms with van der Waals surface area (Å²) < 4.78 is 16.0. The molecule has 1 saturated heterocycles. The van der Waals surface area contributed by atoms with Gasteiger partial charge in [0.2, 0.25) is 0 Å². The predicted molar refractivity (Wildman–Crippen MR) is 94.7 cm³/mol. The summed E-state index contributed by atoms with van der Waals surface area (Å²) in [6, 6.07) is 15.0. The maximum Gasteiger partial charge on any atom is 0.338 e. The fraction of sp³-hybridized carbons (Fsp3) is 0.350. The topological polar surface area (TPSA) is 48.0 Å². The first-order valence-corrected chi connectivity index (χ1v) is 8.44. The van der Waals surface area contributed by atoms with E-state index in [9.17, 15) is 4.79 Å². The van der Waals surface area contributed by atoms with Crippen LogP contribution in [-0.4, -0.2) is 44.3 Å². The fourth-order valence-electron chi connectivity index (χ4n) is 2.81. The zero-order valence-electron chi connectivity index (χ0n) is 14.4. The van der Waals surface area contributed by atoms with Crippen molar-refractivity contribution in [2.24, 2.45) is 0 Å². The number of carbonyl (C=O) groups is 1. The van der Waals surface area contributed by atoms with E-state index in [1.54, 1.807) is 31.4 Å². The molecule has 132 valence electrons. The third-order valence-corrected chi connectivity index (χ3v) is 4.30. The maximum absolute atomic E-state index is 12.2. The van der Waals surface area contributed by atoms with E-state index in [0.29, 0.717) is 11.3 Å². The largest absolute Gasteiger partial charge is 0.497 e. The molecule has 1 aliphatic heterocycles. The van der Waals surface area contributed by atoms with Crippen molar-refractivity contribution in [3.63, 3.8) is 0 Å². The number of rotatable bonds is 6. The van der Waals surface area contributed by atoms with Gasteiger partial charge in [-0.2, -0.15) is 0 Å². The molecule has 0 N–H and O–H groups in total. The molecule has 1 fully saturated rings. The second-order valence-electron chi connectivity index (χ2n) is 5.96. The van der Waals surface area contributed by atoms with Crippen LogP contribution in [0.25, 0.3) is 0 Å². The van der Waals surface area contributed by atoms with E-state index in [0.717, 1.165) is 38.4 Å². The lowest BCUT2D eigenvalue weighted by Crippen LogP contribution is -2.35. The molecule has 0 atom stereocenters. The molecular weight excluding hydrogens is 318 g/mol. The summed E-state index contributed by atoms with van der Waals surface area (Å²) in [7, 11) is 1.60. The Morgan fingerprint density at radius 1 is 1.04 bits per heavy atom. The van der Waals surface area contributed by atoms with Gasteiger partial charge in [-0.05, 0) is 35.4 Å². The van der Waals surface area contributed by atoms with Crippen molar-refractivity contribution < 1.29 is 19.0 Å². The highest BCUT2D eigenvalue weighted by Gasteiger charge is 2.14. The number of methoxy groups -OCH3 is 1. The lowest BCUT2D eigenvalue weighted by Gasteiger charge is -2.27. The van der Waals surface area contributed by atoms with Gasteiger partial charge in [0.05, 0.1) is 25.9 Å². The van der Waals surface area contributed by atoms with Gasteiger partial charge in [0.25, 0.3) is 0 Å². The molecule has 25 heavy (non-hydrogen) atoms. The van der Waals surface area contributed by atoms with Gasteiger partial charge < -0.3 is 14.2 Å². The van der Waals surface area contributed by atoms with E-state index in [1.807, 2.05) is 18.2 Å². The highest BCUT2D eigenvalue weighted by atomic mass is 16.5. The summed E-state index contributed by atoms with van der Waals surface area (Å²) in [5.74, 6) is 0.385. The number of nitrogens with zero attached hydrogens (tertiary/aromatic N) is 1. The molecule has 5 nitrogen and oxygen atoms in total. The van der Waals surface area contributed by atoms with Gasteiger partial charge >= 0.3 is 5.97 Å². The molecule has 0 saturated carbocycles. The van der Waals surface area contributed by atoms with Gasteiger partial charge in [0, 0.05) is 19.6 Å². The Morgan fingerprint density at radius 3 is 2.40 bits per heavy atom. The number of morpholine rings is 1. The number of hydrogen-bond acceptors (Lipinski definition) is 5. The average Bonchev–Trinajstić information content (AvgIpc) is 2.68. The van der Waals surface area contributed by atoms with Crippen LogP contribution in [0.3, 0.4) is 0 Å². The normalized spacial score (nSPS) is 14.9. The van der Waals surface area contributed by atoms with E-state index >= 15 is 0 Å². The summed E-state index contributed by atoms with van der Waals surface area (Å²) in [6.45, 7) is 4.52. The summed E-state index contributed by atoms with van der Waals surface area (Å²) in [6.07, 6.45) is 0. The molecule has 0 radical (unpaired) electrons. The highest BCUT2D eigenvalue weighted by Crippen LogP contribution is 2.16.